The molecule has 1 rings (SSSR count). The number of hydrogen-bond donors (Lipinski definition) is 3. The molecule has 0 fully saturated rings. The molecule has 0 spiro atoms. The first-order chi connectivity index (χ1) is 11.4. The zero-order chi connectivity index (χ0) is 18.0. The third-order valence-electron chi connectivity index (χ3n) is 3.37. The molecule has 0 amide bonds. The fourth-order valence-electron chi connectivity index (χ4n) is 2.02. The van der Waals surface area contributed by atoms with Crippen molar-refractivity contribution < 1.29 is 23.1 Å². The topological polar surface area (TPSA) is 119 Å². The number of hydrogen-bond acceptors (Lipinski definition) is 5. The predicted octanol–water partition coefficient (Wildman–Crippen LogP) is 1.13. The number of carboxylic acids is 1. The number of rotatable bonds is 12. The van der Waals surface area contributed by atoms with Crippen molar-refractivity contribution in [1.82, 2.24) is 4.72 Å². The number of nitrogens with one attached hydrogen (secondary N) is 1. The molecule has 1 aromatic carbocycles. The van der Waals surface area contributed by atoms with Gasteiger partial charge in [-0.05, 0) is 43.5 Å². The summed E-state index contributed by atoms with van der Waals surface area (Å²) in [6.07, 6.45) is 2.05. The van der Waals surface area contributed by atoms with Gasteiger partial charge in [-0.1, -0.05) is 25.5 Å². The van der Waals surface area contributed by atoms with Crippen LogP contribution < -0.4 is 15.2 Å². The maximum absolute atomic E-state index is 11.9. The van der Waals surface area contributed by atoms with Gasteiger partial charge in [0.15, 0.2) is 0 Å². The summed E-state index contributed by atoms with van der Waals surface area (Å²) in [5.41, 5.74) is 6.10. The summed E-state index contributed by atoms with van der Waals surface area (Å²) in [5, 5.41) is 9.26. The highest BCUT2D eigenvalue weighted by Crippen LogP contribution is 2.14. The molecule has 0 unspecified atom stereocenters. The van der Waals surface area contributed by atoms with Crippen LogP contribution in [0.2, 0.25) is 0 Å². The highest BCUT2D eigenvalue weighted by Gasteiger charge is 2.23. The van der Waals surface area contributed by atoms with Crippen molar-refractivity contribution in [2.75, 3.05) is 18.9 Å². The van der Waals surface area contributed by atoms with E-state index in [4.69, 9.17) is 10.5 Å². The number of sulfonamides is 1. The molecule has 1 atom stereocenters. The molecule has 0 heterocycles. The van der Waals surface area contributed by atoms with Crippen LogP contribution in [0.4, 0.5) is 0 Å². The molecule has 0 aromatic heterocycles. The fourth-order valence-corrected chi connectivity index (χ4v) is 3.42. The number of carbonyl (C=O) groups is 1. The second-order valence-electron chi connectivity index (χ2n) is 5.52. The van der Waals surface area contributed by atoms with E-state index >= 15 is 0 Å². The molecule has 136 valence electrons. The average molecular weight is 358 g/mol. The van der Waals surface area contributed by atoms with Crippen molar-refractivity contribution in [3.05, 3.63) is 29.8 Å². The lowest BCUT2D eigenvalue weighted by Crippen LogP contribution is -2.43. The monoisotopic (exact) mass is 358 g/mol. The highest BCUT2D eigenvalue weighted by molar-refractivity contribution is 7.89. The maximum atomic E-state index is 11.9. The van der Waals surface area contributed by atoms with Crippen LogP contribution in [-0.2, 0) is 21.2 Å². The molecule has 0 aliphatic carbocycles. The van der Waals surface area contributed by atoms with Crippen LogP contribution in [0.25, 0.3) is 0 Å². The summed E-state index contributed by atoms with van der Waals surface area (Å²) in [4.78, 5) is 11.3. The first-order valence-corrected chi connectivity index (χ1v) is 9.67. The Balaban J connectivity index is 2.66. The average Bonchev–Trinajstić information content (AvgIpc) is 2.54. The summed E-state index contributed by atoms with van der Waals surface area (Å²) >= 11 is 0. The lowest BCUT2D eigenvalue weighted by atomic mass is 10.1. The zero-order valence-electron chi connectivity index (χ0n) is 13.9. The number of ether oxygens (including phenoxy) is 1. The van der Waals surface area contributed by atoms with Gasteiger partial charge in [0.1, 0.15) is 11.8 Å². The lowest BCUT2D eigenvalue weighted by molar-refractivity contribution is -0.138. The number of carboxylic acid groups (broad SMARTS) is 1. The largest absolute Gasteiger partial charge is 0.494 e. The molecule has 8 heteroatoms. The van der Waals surface area contributed by atoms with E-state index in [0.29, 0.717) is 30.9 Å². The summed E-state index contributed by atoms with van der Waals surface area (Å²) in [7, 11) is -3.60. The summed E-state index contributed by atoms with van der Waals surface area (Å²) in [6.45, 7) is 2.95. The standard InChI is InChI=1S/C16H26N2O5S/c1-2-3-11-24(21,22)18-15(16(19)20)12-13-5-7-14(8-6-13)23-10-4-9-17/h5-8,15,18H,2-4,9-12,17H2,1H3,(H,19,20)/t15-/m0/s1. The van der Waals surface area contributed by atoms with Gasteiger partial charge >= 0.3 is 5.97 Å². The molecule has 0 radical (unpaired) electrons. The predicted molar refractivity (Wildman–Crippen MR) is 92.6 cm³/mol. The van der Waals surface area contributed by atoms with Gasteiger partial charge in [0.05, 0.1) is 12.4 Å². The molecule has 0 aliphatic heterocycles. The zero-order valence-corrected chi connectivity index (χ0v) is 14.7. The lowest BCUT2D eigenvalue weighted by Gasteiger charge is -2.15. The van der Waals surface area contributed by atoms with Crippen molar-refractivity contribution in [3.63, 3.8) is 0 Å². The second kappa shape index (κ2) is 10.3. The van der Waals surface area contributed by atoms with Gasteiger partial charge in [0.2, 0.25) is 10.0 Å². The molecular weight excluding hydrogens is 332 g/mol. The van der Waals surface area contributed by atoms with Gasteiger partial charge in [0, 0.05) is 0 Å². The number of nitrogens with two attached hydrogens (primary N) is 1. The van der Waals surface area contributed by atoms with E-state index in [2.05, 4.69) is 4.72 Å². The Morgan fingerprint density at radius 2 is 1.96 bits per heavy atom. The van der Waals surface area contributed by atoms with Crippen molar-refractivity contribution >= 4 is 16.0 Å². The Morgan fingerprint density at radius 1 is 1.29 bits per heavy atom. The summed E-state index contributed by atoms with van der Waals surface area (Å²) in [6, 6.07) is 5.74. The van der Waals surface area contributed by atoms with Crippen LogP contribution in [-0.4, -0.2) is 44.4 Å². The second-order valence-corrected chi connectivity index (χ2v) is 7.39. The fraction of sp³-hybridized carbons (Fsp3) is 0.562. The van der Waals surface area contributed by atoms with Gasteiger partial charge in [0.25, 0.3) is 0 Å². The van der Waals surface area contributed by atoms with Gasteiger partial charge in [-0.3, -0.25) is 4.79 Å². The van der Waals surface area contributed by atoms with Crippen molar-refractivity contribution in [2.24, 2.45) is 5.73 Å². The van der Waals surface area contributed by atoms with Crippen molar-refractivity contribution in [2.45, 2.75) is 38.6 Å². The third-order valence-corrected chi connectivity index (χ3v) is 4.84. The number of unbranched alkanes of at least 4 members (excludes halogenated alkanes) is 1. The van der Waals surface area contributed by atoms with E-state index in [1.165, 1.54) is 0 Å². The SMILES string of the molecule is CCCCS(=O)(=O)N[C@@H](Cc1ccc(OCCCN)cc1)C(=O)O. The molecule has 24 heavy (non-hydrogen) atoms. The van der Waals surface area contributed by atoms with E-state index in [1.54, 1.807) is 24.3 Å². The normalized spacial score (nSPS) is 12.8. The molecule has 4 N–H and O–H groups in total. The van der Waals surface area contributed by atoms with E-state index in [1.807, 2.05) is 6.92 Å². The van der Waals surface area contributed by atoms with E-state index in [0.717, 1.165) is 12.8 Å². The molecule has 0 aliphatic rings. The summed E-state index contributed by atoms with van der Waals surface area (Å²) in [5.74, 6) is -0.595. The molecule has 0 saturated heterocycles. The van der Waals surface area contributed by atoms with Gasteiger partial charge < -0.3 is 15.6 Å². The molecule has 0 saturated carbocycles. The molecular formula is C16H26N2O5S. The van der Waals surface area contributed by atoms with E-state index in [-0.39, 0.29) is 12.2 Å². The smallest absolute Gasteiger partial charge is 0.322 e. The van der Waals surface area contributed by atoms with Gasteiger partial charge in [-0.15, -0.1) is 0 Å². The minimum Gasteiger partial charge on any atom is -0.494 e. The minimum absolute atomic E-state index is 0.0683. The van der Waals surface area contributed by atoms with Gasteiger partial charge in [-0.2, -0.15) is 0 Å². The van der Waals surface area contributed by atoms with Crippen molar-refractivity contribution in [3.8, 4) is 5.75 Å². The Kier molecular flexibility index (Phi) is 8.73. The quantitative estimate of drug-likeness (QED) is 0.482. The van der Waals surface area contributed by atoms with Crippen molar-refractivity contribution in [1.29, 1.82) is 0 Å². The Bertz CT molecular complexity index is 601. The van der Waals surface area contributed by atoms with E-state index in [9.17, 15) is 18.3 Å². The number of benzene rings is 1. The van der Waals surface area contributed by atoms with Crippen LogP contribution in [0.5, 0.6) is 5.75 Å². The summed E-state index contributed by atoms with van der Waals surface area (Å²) < 4.78 is 31.5. The van der Waals surface area contributed by atoms with Crippen LogP contribution in [0.1, 0.15) is 31.7 Å². The Hall–Kier alpha value is -1.64. The van der Waals surface area contributed by atoms with Crippen LogP contribution in [0, 0.1) is 0 Å². The van der Waals surface area contributed by atoms with E-state index < -0.39 is 22.0 Å². The number of aliphatic carboxylic acids is 1. The third kappa shape index (κ3) is 7.76. The van der Waals surface area contributed by atoms with Gasteiger partial charge in [-0.25, -0.2) is 13.1 Å². The molecule has 7 nitrogen and oxygen atoms in total. The maximum Gasteiger partial charge on any atom is 0.322 e. The van der Waals surface area contributed by atoms with Crippen LogP contribution >= 0.6 is 0 Å². The highest BCUT2D eigenvalue weighted by atomic mass is 32.2. The Labute approximate surface area is 143 Å². The Morgan fingerprint density at radius 3 is 2.50 bits per heavy atom. The first kappa shape index (κ1) is 20.4. The van der Waals surface area contributed by atoms with Crippen LogP contribution in [0.3, 0.4) is 0 Å². The minimum atomic E-state index is -3.60. The van der Waals surface area contributed by atoms with Crippen LogP contribution in [0.15, 0.2) is 24.3 Å². The molecule has 1 aromatic rings. The molecule has 0 bridgehead atoms. The first-order valence-electron chi connectivity index (χ1n) is 8.02.